The van der Waals surface area contributed by atoms with Crippen LogP contribution in [0.5, 0.6) is 0 Å². The van der Waals surface area contributed by atoms with E-state index in [1.54, 1.807) is 12.1 Å². The van der Waals surface area contributed by atoms with Crippen LogP contribution >= 0.6 is 15.9 Å². The molecule has 0 atom stereocenters. The lowest BCUT2D eigenvalue weighted by Crippen LogP contribution is -2.20. The van der Waals surface area contributed by atoms with Crippen LogP contribution in [0.15, 0.2) is 33.7 Å². The first-order valence-corrected chi connectivity index (χ1v) is 6.75. The molecule has 0 aliphatic carbocycles. The lowest BCUT2D eigenvalue weighted by molar-refractivity contribution is 0.0694. The number of carboxylic acids is 1. The number of hydrogen-bond acceptors (Lipinski definition) is 2. The number of fused-ring (bicyclic) bond motifs is 1. The van der Waals surface area contributed by atoms with Crippen molar-refractivity contribution in [2.45, 2.75) is 20.4 Å². The van der Waals surface area contributed by atoms with E-state index < -0.39 is 11.4 Å². The second kappa shape index (κ2) is 5.17. The summed E-state index contributed by atoms with van der Waals surface area (Å²) in [6.45, 7) is 4.75. The van der Waals surface area contributed by atoms with Crippen LogP contribution < -0.4 is 5.43 Å². The fourth-order valence-electron chi connectivity index (χ4n) is 2.06. The molecular weight excluding hydrogens is 310 g/mol. The van der Waals surface area contributed by atoms with Crippen molar-refractivity contribution in [3.63, 3.8) is 0 Å². The molecule has 2 aromatic rings. The first-order valence-electron chi connectivity index (χ1n) is 5.96. The monoisotopic (exact) mass is 323 g/mol. The molecule has 0 unspecified atom stereocenters. The normalized spacial score (nSPS) is 11.2. The lowest BCUT2D eigenvalue weighted by atomic mass is 10.1. The summed E-state index contributed by atoms with van der Waals surface area (Å²) in [7, 11) is 0. The third-order valence-corrected chi connectivity index (χ3v) is 3.33. The van der Waals surface area contributed by atoms with Gasteiger partial charge < -0.3 is 9.67 Å². The zero-order valence-corrected chi connectivity index (χ0v) is 12.3. The van der Waals surface area contributed by atoms with Crippen LogP contribution in [0.4, 0.5) is 0 Å². The Bertz CT molecular complexity index is 704. The number of hydrogen-bond donors (Lipinski definition) is 1. The highest BCUT2D eigenvalue weighted by atomic mass is 79.9. The minimum atomic E-state index is -1.19. The van der Waals surface area contributed by atoms with Gasteiger partial charge >= 0.3 is 5.97 Å². The Morgan fingerprint density at radius 1 is 1.42 bits per heavy atom. The lowest BCUT2D eigenvalue weighted by Gasteiger charge is -2.14. The molecule has 0 amide bonds. The van der Waals surface area contributed by atoms with Crippen LogP contribution in [0, 0.1) is 5.92 Å². The average molecular weight is 324 g/mol. The number of aromatic carboxylic acids is 1. The van der Waals surface area contributed by atoms with Crippen LogP contribution in [0.2, 0.25) is 0 Å². The van der Waals surface area contributed by atoms with Gasteiger partial charge in [0.05, 0.1) is 5.52 Å². The van der Waals surface area contributed by atoms with Crippen LogP contribution in [0.1, 0.15) is 24.2 Å². The van der Waals surface area contributed by atoms with Gasteiger partial charge in [-0.25, -0.2) is 4.79 Å². The number of aromatic nitrogens is 1. The number of carbonyl (C=O) groups is 1. The molecule has 0 bridgehead atoms. The summed E-state index contributed by atoms with van der Waals surface area (Å²) in [5, 5.41) is 9.55. The molecule has 1 N–H and O–H groups in total. The zero-order valence-electron chi connectivity index (χ0n) is 10.7. The van der Waals surface area contributed by atoms with Crippen molar-refractivity contribution in [3.8, 4) is 0 Å². The summed E-state index contributed by atoms with van der Waals surface area (Å²) in [5.74, 6) is -0.835. The maximum Gasteiger partial charge on any atom is 0.341 e. The highest BCUT2D eigenvalue weighted by Gasteiger charge is 2.15. The number of pyridine rings is 1. The van der Waals surface area contributed by atoms with Crippen molar-refractivity contribution >= 4 is 32.8 Å². The van der Waals surface area contributed by atoms with Gasteiger partial charge in [-0.05, 0) is 24.1 Å². The number of benzene rings is 1. The van der Waals surface area contributed by atoms with Crippen LogP contribution in [0.25, 0.3) is 10.9 Å². The minimum absolute atomic E-state index is 0.185. The SMILES string of the molecule is CC(C)Cn1cc(C(=O)O)c(=O)c2ccc(Br)cc21. The van der Waals surface area contributed by atoms with Gasteiger partial charge in [0.1, 0.15) is 5.56 Å². The minimum Gasteiger partial charge on any atom is -0.477 e. The Morgan fingerprint density at radius 2 is 2.11 bits per heavy atom. The quantitative estimate of drug-likeness (QED) is 0.944. The molecule has 0 spiro atoms. The number of carboxylic acid groups (broad SMARTS) is 1. The fourth-order valence-corrected chi connectivity index (χ4v) is 2.41. The molecule has 1 aromatic heterocycles. The Hall–Kier alpha value is -1.62. The molecule has 0 radical (unpaired) electrons. The molecule has 19 heavy (non-hydrogen) atoms. The van der Waals surface area contributed by atoms with E-state index in [1.807, 2.05) is 24.5 Å². The zero-order chi connectivity index (χ0) is 14.2. The number of rotatable bonds is 3. The van der Waals surface area contributed by atoms with E-state index in [1.165, 1.54) is 6.20 Å². The van der Waals surface area contributed by atoms with Crippen LogP contribution in [-0.2, 0) is 6.54 Å². The predicted molar refractivity (Wildman–Crippen MR) is 77.7 cm³/mol. The number of halogens is 1. The van der Waals surface area contributed by atoms with E-state index >= 15 is 0 Å². The highest BCUT2D eigenvalue weighted by Crippen LogP contribution is 2.19. The van der Waals surface area contributed by atoms with Gasteiger partial charge in [0.2, 0.25) is 5.43 Å². The van der Waals surface area contributed by atoms with Crippen molar-refractivity contribution < 1.29 is 9.90 Å². The summed E-state index contributed by atoms with van der Waals surface area (Å²) in [4.78, 5) is 23.3. The standard InChI is InChI=1S/C14H14BrNO3/c1-8(2)6-16-7-11(14(18)19)13(17)10-4-3-9(15)5-12(10)16/h3-5,7-8H,6H2,1-2H3,(H,18,19). The molecule has 1 aromatic carbocycles. The molecular formula is C14H14BrNO3. The maximum absolute atomic E-state index is 12.1. The van der Waals surface area contributed by atoms with E-state index in [0.29, 0.717) is 17.8 Å². The summed E-state index contributed by atoms with van der Waals surface area (Å²) in [5.41, 5.74) is 0.128. The van der Waals surface area contributed by atoms with E-state index in [9.17, 15) is 9.59 Å². The van der Waals surface area contributed by atoms with Gasteiger partial charge in [-0.1, -0.05) is 29.8 Å². The summed E-state index contributed by atoms with van der Waals surface area (Å²) in [6.07, 6.45) is 1.43. The molecule has 1 heterocycles. The maximum atomic E-state index is 12.1. The van der Waals surface area contributed by atoms with Crippen molar-refractivity contribution in [2.24, 2.45) is 5.92 Å². The smallest absolute Gasteiger partial charge is 0.341 e. The van der Waals surface area contributed by atoms with Crippen molar-refractivity contribution in [2.75, 3.05) is 0 Å². The largest absolute Gasteiger partial charge is 0.477 e. The Labute approximate surface area is 118 Å². The Kier molecular flexibility index (Phi) is 3.75. The molecule has 0 aliphatic rings. The van der Waals surface area contributed by atoms with Crippen molar-refractivity contribution in [3.05, 3.63) is 44.7 Å². The molecule has 2 rings (SSSR count). The first-order chi connectivity index (χ1) is 8.90. The van der Waals surface area contributed by atoms with Crippen molar-refractivity contribution in [1.82, 2.24) is 4.57 Å². The van der Waals surface area contributed by atoms with E-state index in [-0.39, 0.29) is 5.56 Å². The van der Waals surface area contributed by atoms with Crippen LogP contribution in [0.3, 0.4) is 0 Å². The first kappa shape index (κ1) is 13.8. The Morgan fingerprint density at radius 3 is 2.68 bits per heavy atom. The third kappa shape index (κ3) is 2.71. The van der Waals surface area contributed by atoms with Gasteiger partial charge in [-0.2, -0.15) is 0 Å². The van der Waals surface area contributed by atoms with E-state index in [0.717, 1.165) is 9.99 Å². The van der Waals surface area contributed by atoms with Gasteiger partial charge in [-0.15, -0.1) is 0 Å². The fraction of sp³-hybridized carbons (Fsp3) is 0.286. The number of nitrogens with zero attached hydrogens (tertiary/aromatic N) is 1. The van der Waals surface area contributed by atoms with Gasteiger partial charge in [0.15, 0.2) is 0 Å². The second-order valence-corrected chi connectivity index (χ2v) is 5.80. The van der Waals surface area contributed by atoms with Crippen molar-refractivity contribution in [1.29, 1.82) is 0 Å². The average Bonchev–Trinajstić information content (AvgIpc) is 2.31. The molecule has 100 valence electrons. The van der Waals surface area contributed by atoms with Gasteiger partial charge in [-0.3, -0.25) is 4.79 Å². The third-order valence-electron chi connectivity index (χ3n) is 2.84. The van der Waals surface area contributed by atoms with E-state index in [4.69, 9.17) is 5.11 Å². The molecule has 4 nitrogen and oxygen atoms in total. The molecule has 0 saturated carbocycles. The molecule has 0 aliphatic heterocycles. The van der Waals surface area contributed by atoms with E-state index in [2.05, 4.69) is 15.9 Å². The molecule has 5 heteroatoms. The predicted octanol–water partition coefficient (Wildman–Crippen LogP) is 3.12. The highest BCUT2D eigenvalue weighted by molar-refractivity contribution is 9.10. The topological polar surface area (TPSA) is 59.3 Å². The summed E-state index contributed by atoms with van der Waals surface area (Å²) in [6, 6.07) is 5.24. The molecule has 0 saturated heterocycles. The summed E-state index contributed by atoms with van der Waals surface area (Å²) >= 11 is 3.37. The van der Waals surface area contributed by atoms with Gasteiger partial charge in [0, 0.05) is 22.6 Å². The molecule has 0 fully saturated rings. The second-order valence-electron chi connectivity index (χ2n) is 4.88. The summed E-state index contributed by atoms with van der Waals surface area (Å²) < 4.78 is 2.69. The van der Waals surface area contributed by atoms with Crippen LogP contribution in [-0.4, -0.2) is 15.6 Å². The van der Waals surface area contributed by atoms with Gasteiger partial charge in [0.25, 0.3) is 0 Å². The Balaban J connectivity index is 2.83.